The molecule has 1 N–H and O–H groups in total. The van der Waals surface area contributed by atoms with Gasteiger partial charge in [-0.05, 0) is 30.2 Å². The van der Waals surface area contributed by atoms with Crippen molar-refractivity contribution in [1.29, 1.82) is 5.26 Å². The molecule has 1 fully saturated rings. The molecule has 1 aromatic carbocycles. The van der Waals surface area contributed by atoms with E-state index in [4.69, 9.17) is 17.3 Å². The van der Waals surface area contributed by atoms with Crippen molar-refractivity contribution in [2.45, 2.75) is 12.8 Å². The highest BCUT2D eigenvalue weighted by Gasteiger charge is 2.31. The van der Waals surface area contributed by atoms with Gasteiger partial charge in [-0.2, -0.15) is 5.26 Å². The predicted molar refractivity (Wildman–Crippen MR) is 102 cm³/mol. The van der Waals surface area contributed by atoms with Gasteiger partial charge in [0.25, 0.3) is 5.91 Å². The van der Waals surface area contributed by atoms with E-state index >= 15 is 0 Å². The van der Waals surface area contributed by atoms with Crippen LogP contribution in [0.4, 0.5) is 5.69 Å². The fourth-order valence-electron chi connectivity index (χ4n) is 2.36. The second-order valence-corrected chi connectivity index (χ2v) is 7.29. The van der Waals surface area contributed by atoms with Gasteiger partial charge in [-0.15, -0.1) is 0 Å². The second kappa shape index (κ2) is 8.14. The first-order chi connectivity index (χ1) is 11.8. The third-order valence-electron chi connectivity index (χ3n) is 3.57. The van der Waals surface area contributed by atoms with Crippen molar-refractivity contribution in [2.24, 2.45) is 0 Å². The Kier molecular flexibility index (Phi) is 6.17. The standard InChI is InChI=1S/C17H17N3O3S2/c1-19(2)13-6-5-11(8-12(13)10-18)9-14-16(23)20(17(24)25-14)7-3-4-15(21)22/h5-6,8-9H,3-4,7H2,1-2H3,(H,21,22). The molecule has 0 atom stereocenters. The highest BCUT2D eigenvalue weighted by atomic mass is 32.2. The monoisotopic (exact) mass is 375 g/mol. The molecule has 2 rings (SSSR count). The molecule has 0 aliphatic carbocycles. The molecule has 0 spiro atoms. The van der Waals surface area contributed by atoms with Gasteiger partial charge in [-0.25, -0.2) is 0 Å². The molecule has 25 heavy (non-hydrogen) atoms. The highest BCUT2D eigenvalue weighted by Crippen LogP contribution is 2.33. The summed E-state index contributed by atoms with van der Waals surface area (Å²) in [5, 5.41) is 18.0. The quantitative estimate of drug-likeness (QED) is 0.604. The van der Waals surface area contributed by atoms with Crippen LogP contribution in [-0.4, -0.2) is 46.8 Å². The summed E-state index contributed by atoms with van der Waals surface area (Å²) in [4.78, 5) is 26.8. The molecule has 1 aliphatic rings. The summed E-state index contributed by atoms with van der Waals surface area (Å²) >= 11 is 6.40. The third kappa shape index (κ3) is 4.59. The summed E-state index contributed by atoms with van der Waals surface area (Å²) in [7, 11) is 3.72. The fraction of sp³-hybridized carbons (Fsp3) is 0.294. The summed E-state index contributed by atoms with van der Waals surface area (Å²) in [6, 6.07) is 7.56. The van der Waals surface area contributed by atoms with E-state index in [2.05, 4.69) is 6.07 Å². The number of carboxylic acids is 1. The van der Waals surface area contributed by atoms with Gasteiger partial charge < -0.3 is 10.0 Å². The fourth-order valence-corrected chi connectivity index (χ4v) is 3.66. The van der Waals surface area contributed by atoms with E-state index in [-0.39, 0.29) is 18.9 Å². The number of hydrogen-bond donors (Lipinski definition) is 1. The van der Waals surface area contributed by atoms with Gasteiger partial charge in [-0.3, -0.25) is 14.5 Å². The SMILES string of the molecule is CN(C)c1ccc(C=C2SC(=S)N(CCCC(=O)O)C2=O)cc1C#N. The van der Waals surface area contributed by atoms with Gasteiger partial charge in [0.15, 0.2) is 0 Å². The number of carbonyl (C=O) groups is 2. The van der Waals surface area contributed by atoms with Gasteiger partial charge in [0.1, 0.15) is 10.4 Å². The zero-order valence-electron chi connectivity index (χ0n) is 13.9. The molecule has 0 saturated carbocycles. The van der Waals surface area contributed by atoms with E-state index < -0.39 is 5.97 Å². The number of rotatable bonds is 6. The zero-order chi connectivity index (χ0) is 18.6. The number of thioether (sulfide) groups is 1. The van der Waals surface area contributed by atoms with E-state index in [0.717, 1.165) is 11.3 Å². The Bertz CT molecular complexity index is 797. The predicted octanol–water partition coefficient (Wildman–Crippen LogP) is 2.69. The van der Waals surface area contributed by atoms with Gasteiger partial charge in [0.2, 0.25) is 0 Å². The van der Waals surface area contributed by atoms with Crippen LogP contribution in [0.5, 0.6) is 0 Å². The van der Waals surface area contributed by atoms with Gasteiger partial charge in [0, 0.05) is 27.1 Å². The molecule has 0 unspecified atom stereocenters. The maximum Gasteiger partial charge on any atom is 0.303 e. The first kappa shape index (κ1) is 19.0. The lowest BCUT2D eigenvalue weighted by atomic mass is 10.1. The smallest absolute Gasteiger partial charge is 0.303 e. The number of nitriles is 1. The topological polar surface area (TPSA) is 84.6 Å². The van der Waals surface area contributed by atoms with E-state index in [1.54, 1.807) is 12.1 Å². The molecular weight excluding hydrogens is 358 g/mol. The number of carbonyl (C=O) groups excluding carboxylic acids is 1. The van der Waals surface area contributed by atoms with E-state index in [1.807, 2.05) is 31.1 Å². The molecule has 6 nitrogen and oxygen atoms in total. The van der Waals surface area contributed by atoms with Crippen LogP contribution in [0.2, 0.25) is 0 Å². The van der Waals surface area contributed by atoms with E-state index in [1.165, 1.54) is 16.7 Å². The second-order valence-electron chi connectivity index (χ2n) is 5.61. The highest BCUT2D eigenvalue weighted by molar-refractivity contribution is 8.26. The molecule has 8 heteroatoms. The van der Waals surface area contributed by atoms with Crippen molar-refractivity contribution in [3.8, 4) is 6.07 Å². The summed E-state index contributed by atoms with van der Waals surface area (Å²) < 4.78 is 0.423. The summed E-state index contributed by atoms with van der Waals surface area (Å²) in [5.74, 6) is -1.12. The Balaban J connectivity index is 2.19. The summed E-state index contributed by atoms with van der Waals surface area (Å²) in [6.45, 7) is 0.289. The Morgan fingerprint density at radius 3 is 2.80 bits per heavy atom. The van der Waals surface area contributed by atoms with Gasteiger partial charge in [0.05, 0.1) is 16.2 Å². The molecule has 0 aromatic heterocycles. The van der Waals surface area contributed by atoms with Crippen molar-refractivity contribution >= 4 is 51.9 Å². The Morgan fingerprint density at radius 1 is 1.48 bits per heavy atom. The molecule has 130 valence electrons. The number of hydrogen-bond acceptors (Lipinski definition) is 6. The van der Waals surface area contributed by atoms with Crippen LogP contribution in [0.1, 0.15) is 24.0 Å². The average molecular weight is 375 g/mol. The molecule has 1 aromatic rings. The number of nitrogens with zero attached hydrogens (tertiary/aromatic N) is 3. The number of amides is 1. The first-order valence-corrected chi connectivity index (χ1v) is 8.74. The zero-order valence-corrected chi connectivity index (χ0v) is 15.5. The van der Waals surface area contributed by atoms with Crippen molar-refractivity contribution in [1.82, 2.24) is 4.90 Å². The van der Waals surface area contributed by atoms with Crippen LogP contribution in [0.15, 0.2) is 23.1 Å². The maximum atomic E-state index is 12.5. The average Bonchev–Trinajstić information content (AvgIpc) is 2.81. The third-order valence-corrected chi connectivity index (χ3v) is 4.94. The van der Waals surface area contributed by atoms with Crippen LogP contribution in [0.3, 0.4) is 0 Å². The summed E-state index contributed by atoms with van der Waals surface area (Å²) in [5.41, 5.74) is 2.07. The van der Waals surface area contributed by atoms with E-state index in [9.17, 15) is 14.9 Å². The number of benzene rings is 1. The molecule has 0 radical (unpaired) electrons. The Labute approximate surface area is 155 Å². The minimum absolute atomic E-state index is 0.00631. The number of aliphatic carboxylic acids is 1. The van der Waals surface area contributed by atoms with Crippen molar-refractivity contribution < 1.29 is 14.7 Å². The van der Waals surface area contributed by atoms with Crippen molar-refractivity contribution in [2.75, 3.05) is 25.5 Å². The minimum Gasteiger partial charge on any atom is -0.481 e. The van der Waals surface area contributed by atoms with Gasteiger partial charge in [-0.1, -0.05) is 30.0 Å². The largest absolute Gasteiger partial charge is 0.481 e. The first-order valence-electron chi connectivity index (χ1n) is 7.52. The molecular formula is C17H17N3O3S2. The van der Waals surface area contributed by atoms with E-state index in [0.29, 0.717) is 21.2 Å². The molecule has 1 heterocycles. The number of carboxylic acid groups (broad SMARTS) is 1. The van der Waals surface area contributed by atoms with Crippen LogP contribution >= 0.6 is 24.0 Å². The number of thiocarbonyl (C=S) groups is 1. The number of anilines is 1. The lowest BCUT2D eigenvalue weighted by Gasteiger charge is -2.14. The molecule has 1 saturated heterocycles. The maximum absolute atomic E-state index is 12.5. The Morgan fingerprint density at radius 2 is 2.20 bits per heavy atom. The van der Waals surface area contributed by atoms with Crippen LogP contribution in [-0.2, 0) is 9.59 Å². The minimum atomic E-state index is -0.897. The summed E-state index contributed by atoms with van der Waals surface area (Å²) in [6.07, 6.45) is 2.05. The normalized spacial score (nSPS) is 15.6. The lowest BCUT2D eigenvalue weighted by molar-refractivity contribution is -0.137. The van der Waals surface area contributed by atoms with Crippen LogP contribution < -0.4 is 4.90 Å². The van der Waals surface area contributed by atoms with Crippen molar-refractivity contribution in [3.05, 3.63) is 34.2 Å². The molecule has 1 amide bonds. The van der Waals surface area contributed by atoms with Gasteiger partial charge >= 0.3 is 5.97 Å². The molecule has 0 bridgehead atoms. The van der Waals surface area contributed by atoms with Crippen molar-refractivity contribution in [3.63, 3.8) is 0 Å². The molecule has 1 aliphatic heterocycles. The van der Waals surface area contributed by atoms with Crippen LogP contribution in [0.25, 0.3) is 6.08 Å². The Hall–Kier alpha value is -2.37. The lowest BCUT2D eigenvalue weighted by Crippen LogP contribution is -2.29. The van der Waals surface area contributed by atoms with Crippen LogP contribution in [0, 0.1) is 11.3 Å².